The van der Waals surface area contributed by atoms with Gasteiger partial charge in [0, 0.05) is 18.0 Å². The minimum Gasteiger partial charge on any atom is -0.246 e. The summed E-state index contributed by atoms with van der Waals surface area (Å²) in [6.07, 6.45) is 4.11. The fourth-order valence-electron chi connectivity index (χ4n) is 1.54. The van der Waals surface area contributed by atoms with Gasteiger partial charge in [-0.05, 0) is 43.0 Å². The van der Waals surface area contributed by atoms with Crippen LogP contribution in [0.5, 0.6) is 0 Å². The lowest BCUT2D eigenvalue weighted by Gasteiger charge is -2.24. The van der Waals surface area contributed by atoms with E-state index in [-0.39, 0.29) is 0 Å². The van der Waals surface area contributed by atoms with Crippen molar-refractivity contribution in [3.63, 3.8) is 0 Å². The molecule has 1 aromatic carbocycles. The maximum Gasteiger partial charge on any atom is 0.0230 e. The topological polar surface area (TPSA) is 3.24 Å². The highest BCUT2D eigenvalue weighted by molar-refractivity contribution is 7.97. The fourth-order valence-corrected chi connectivity index (χ4v) is 2.53. The van der Waals surface area contributed by atoms with E-state index in [1.54, 1.807) is 0 Å². The van der Waals surface area contributed by atoms with E-state index >= 15 is 0 Å². The second-order valence-corrected chi connectivity index (χ2v) is 4.49. The Morgan fingerprint density at radius 2 is 1.77 bits per heavy atom. The lowest BCUT2D eigenvalue weighted by atomic mass is 10.2. The molecule has 1 aliphatic rings. The largest absolute Gasteiger partial charge is 0.246 e. The number of rotatable bonds is 2. The normalized spacial score (nSPS) is 18.8. The lowest BCUT2D eigenvalue weighted by molar-refractivity contribution is 0.380. The molecule has 0 spiro atoms. The van der Waals surface area contributed by atoms with E-state index in [1.807, 2.05) is 24.1 Å². The molecule has 0 amide bonds. The van der Waals surface area contributed by atoms with E-state index in [1.165, 1.54) is 37.2 Å². The Morgan fingerprint density at radius 3 is 2.46 bits per heavy atom. The molecule has 1 fully saturated rings. The van der Waals surface area contributed by atoms with Crippen LogP contribution in [-0.4, -0.2) is 17.4 Å². The van der Waals surface area contributed by atoms with Crippen molar-refractivity contribution in [3.05, 3.63) is 30.3 Å². The summed E-state index contributed by atoms with van der Waals surface area (Å²) in [6.45, 7) is 2.48. The van der Waals surface area contributed by atoms with Gasteiger partial charge in [0.15, 0.2) is 0 Å². The summed E-state index contributed by atoms with van der Waals surface area (Å²) in [6, 6.07) is 11.2. The van der Waals surface area contributed by atoms with Crippen LogP contribution >= 0.6 is 11.9 Å². The average Bonchev–Trinajstić information content (AvgIpc) is 2.21. The molecule has 0 bridgehead atoms. The Bertz CT molecular complexity index is 242. The molecule has 1 saturated heterocycles. The first-order chi connectivity index (χ1) is 6.45. The summed E-state index contributed by atoms with van der Waals surface area (Å²) in [4.78, 5) is 1.33. The van der Waals surface area contributed by atoms with Crippen LogP contribution in [0.15, 0.2) is 29.2 Å². The molecular weight excluding hydrogens is 178 g/mol. The van der Waals surface area contributed by atoms with Gasteiger partial charge in [-0.2, -0.15) is 0 Å². The van der Waals surface area contributed by atoms with E-state index < -0.39 is 0 Å². The molecule has 2 heteroatoms. The second-order valence-electron chi connectivity index (χ2n) is 3.32. The summed E-state index contributed by atoms with van der Waals surface area (Å²) < 4.78 is 2.46. The minimum atomic E-state index is 1.24. The van der Waals surface area contributed by atoms with Crippen molar-refractivity contribution in [3.8, 4) is 0 Å². The van der Waals surface area contributed by atoms with Crippen molar-refractivity contribution in [2.45, 2.75) is 24.2 Å². The maximum absolute atomic E-state index is 3.04. The van der Waals surface area contributed by atoms with Crippen LogP contribution in [0.3, 0.4) is 0 Å². The molecule has 0 saturated carbocycles. The van der Waals surface area contributed by atoms with Gasteiger partial charge < -0.3 is 0 Å². The molecule has 0 aliphatic carbocycles. The van der Waals surface area contributed by atoms with Gasteiger partial charge in [-0.25, -0.2) is 4.31 Å². The number of hydrogen-bond donors (Lipinski definition) is 0. The predicted molar refractivity (Wildman–Crippen MR) is 56.6 cm³/mol. The van der Waals surface area contributed by atoms with Crippen molar-refractivity contribution in [2.24, 2.45) is 0 Å². The SMILES string of the molecule is [c]1ccc(SN2CCCCC2)cc1. The summed E-state index contributed by atoms with van der Waals surface area (Å²) in [7, 11) is 0. The Balaban J connectivity index is 1.90. The Hall–Kier alpha value is -0.470. The molecule has 0 N–H and O–H groups in total. The molecule has 1 aliphatic heterocycles. The summed E-state index contributed by atoms with van der Waals surface area (Å²) in [5.41, 5.74) is 0. The Labute approximate surface area is 84.3 Å². The third kappa shape index (κ3) is 2.75. The molecule has 13 heavy (non-hydrogen) atoms. The molecule has 2 rings (SSSR count). The van der Waals surface area contributed by atoms with E-state index in [0.29, 0.717) is 0 Å². The zero-order valence-corrected chi connectivity index (χ0v) is 8.52. The van der Waals surface area contributed by atoms with Gasteiger partial charge in [-0.3, -0.25) is 0 Å². The van der Waals surface area contributed by atoms with Crippen LogP contribution in [-0.2, 0) is 0 Å². The third-order valence-electron chi connectivity index (χ3n) is 2.24. The summed E-state index contributed by atoms with van der Waals surface area (Å²) in [5, 5.41) is 0. The molecule has 1 heterocycles. The number of hydrogen-bond acceptors (Lipinski definition) is 2. The van der Waals surface area contributed by atoms with E-state index in [4.69, 9.17) is 0 Å². The Morgan fingerprint density at radius 1 is 1.08 bits per heavy atom. The first-order valence-corrected chi connectivity index (χ1v) is 5.61. The van der Waals surface area contributed by atoms with Crippen molar-refractivity contribution in [2.75, 3.05) is 13.1 Å². The van der Waals surface area contributed by atoms with E-state index in [0.717, 1.165) is 0 Å². The summed E-state index contributed by atoms with van der Waals surface area (Å²) in [5.74, 6) is 0. The zero-order valence-electron chi connectivity index (χ0n) is 7.70. The van der Waals surface area contributed by atoms with Gasteiger partial charge in [0.05, 0.1) is 0 Å². The van der Waals surface area contributed by atoms with Gasteiger partial charge in [-0.15, -0.1) is 0 Å². The van der Waals surface area contributed by atoms with Crippen molar-refractivity contribution < 1.29 is 0 Å². The number of nitrogens with zero attached hydrogens (tertiary/aromatic N) is 1. The maximum atomic E-state index is 3.04. The van der Waals surface area contributed by atoms with Crippen molar-refractivity contribution >= 4 is 11.9 Å². The second kappa shape index (κ2) is 4.68. The highest BCUT2D eigenvalue weighted by Crippen LogP contribution is 2.25. The third-order valence-corrected chi connectivity index (χ3v) is 3.34. The van der Waals surface area contributed by atoms with E-state index in [9.17, 15) is 0 Å². The van der Waals surface area contributed by atoms with Crippen LogP contribution in [0.1, 0.15) is 19.3 Å². The monoisotopic (exact) mass is 192 g/mol. The van der Waals surface area contributed by atoms with Gasteiger partial charge in [0.1, 0.15) is 0 Å². The van der Waals surface area contributed by atoms with Crippen LogP contribution < -0.4 is 0 Å². The molecule has 69 valence electrons. The molecule has 1 nitrogen and oxygen atoms in total. The van der Waals surface area contributed by atoms with Crippen molar-refractivity contribution in [1.82, 2.24) is 4.31 Å². The van der Waals surface area contributed by atoms with Crippen LogP contribution in [0.2, 0.25) is 0 Å². The van der Waals surface area contributed by atoms with Gasteiger partial charge in [0.2, 0.25) is 0 Å². The minimum absolute atomic E-state index is 1.24. The Kier molecular flexibility index (Phi) is 3.27. The van der Waals surface area contributed by atoms with Crippen LogP contribution in [0.4, 0.5) is 0 Å². The summed E-state index contributed by atoms with van der Waals surface area (Å²) >= 11 is 1.88. The fraction of sp³-hybridized carbons (Fsp3) is 0.455. The number of benzene rings is 1. The van der Waals surface area contributed by atoms with Crippen LogP contribution in [0.25, 0.3) is 0 Å². The average molecular weight is 192 g/mol. The lowest BCUT2D eigenvalue weighted by Crippen LogP contribution is -2.22. The first kappa shape index (κ1) is 9.10. The molecule has 0 aromatic heterocycles. The molecule has 1 aromatic rings. The molecule has 0 atom stereocenters. The first-order valence-electron chi connectivity index (χ1n) is 4.84. The van der Waals surface area contributed by atoms with Crippen LogP contribution in [0, 0.1) is 6.07 Å². The van der Waals surface area contributed by atoms with Gasteiger partial charge in [-0.1, -0.05) is 18.6 Å². The zero-order chi connectivity index (χ0) is 8.93. The molecule has 1 radical (unpaired) electrons. The number of piperidine rings is 1. The quantitative estimate of drug-likeness (QED) is 0.663. The van der Waals surface area contributed by atoms with Gasteiger partial charge in [0.25, 0.3) is 0 Å². The highest BCUT2D eigenvalue weighted by Gasteiger charge is 2.10. The highest BCUT2D eigenvalue weighted by atomic mass is 32.2. The van der Waals surface area contributed by atoms with Gasteiger partial charge >= 0.3 is 0 Å². The molecule has 0 unspecified atom stereocenters. The van der Waals surface area contributed by atoms with Crippen molar-refractivity contribution in [1.29, 1.82) is 0 Å². The predicted octanol–water partition coefficient (Wildman–Crippen LogP) is 2.98. The van der Waals surface area contributed by atoms with E-state index in [2.05, 4.69) is 22.5 Å². The molecular formula is C11H14NS. The standard InChI is InChI=1S/C11H14NS/c1-3-7-11(8-4-1)13-12-9-5-2-6-10-12/h3-4,7-8H,2,5-6,9-10H2. The smallest absolute Gasteiger partial charge is 0.0230 e.